The Morgan fingerprint density at radius 2 is 1.76 bits per heavy atom. The predicted molar refractivity (Wildman–Crippen MR) is 70.5 cm³/mol. The molecule has 0 saturated heterocycles. The molecule has 0 aliphatic heterocycles. The zero-order valence-electron chi connectivity index (χ0n) is 9.99. The highest BCUT2D eigenvalue weighted by Gasteiger charge is 2.15. The number of carbonyl (C=O) groups excluding carboxylic acids is 1. The Morgan fingerprint density at radius 3 is 2.18 bits per heavy atom. The van der Waals surface area contributed by atoms with Gasteiger partial charge in [0.1, 0.15) is 0 Å². The van der Waals surface area contributed by atoms with Crippen LogP contribution in [-0.4, -0.2) is 19.0 Å². The highest BCUT2D eigenvalue weighted by Crippen LogP contribution is 2.27. The maximum atomic E-state index is 11.7. The molecular weight excluding hydrogens is 240 g/mol. The summed E-state index contributed by atoms with van der Waals surface area (Å²) in [5, 5.41) is 0.631. The number of aryl methyl sites for hydroxylation is 2. The highest BCUT2D eigenvalue weighted by atomic mass is 35.5. The first kappa shape index (κ1) is 13.3. The summed E-state index contributed by atoms with van der Waals surface area (Å²) < 4.78 is 0. The minimum Gasteiger partial charge on any atom is -0.370 e. The van der Waals surface area contributed by atoms with Gasteiger partial charge >= 0.3 is 6.03 Å². The molecule has 0 aliphatic carbocycles. The fourth-order valence-electron chi connectivity index (χ4n) is 1.71. The van der Waals surface area contributed by atoms with Crippen LogP contribution in [0.1, 0.15) is 11.1 Å². The number of rotatable bonds is 1. The summed E-state index contributed by atoms with van der Waals surface area (Å²) in [6, 6.07) is 3.05. The van der Waals surface area contributed by atoms with Crippen molar-refractivity contribution in [3.8, 4) is 0 Å². The number of urea groups is 1. The van der Waals surface area contributed by atoms with Crippen molar-refractivity contribution in [3.63, 3.8) is 0 Å². The molecule has 0 bridgehead atoms. The highest BCUT2D eigenvalue weighted by molar-refractivity contribution is 6.30. The zero-order valence-corrected chi connectivity index (χ0v) is 10.7. The van der Waals surface area contributed by atoms with Crippen molar-refractivity contribution in [1.29, 1.82) is 0 Å². The van der Waals surface area contributed by atoms with E-state index in [2.05, 4.69) is 4.99 Å². The average Bonchev–Trinajstić information content (AvgIpc) is 2.14. The van der Waals surface area contributed by atoms with Crippen LogP contribution in [0.5, 0.6) is 0 Å². The van der Waals surface area contributed by atoms with E-state index in [0.717, 1.165) is 16.8 Å². The average molecular weight is 255 g/mol. The molecule has 0 spiro atoms. The van der Waals surface area contributed by atoms with Gasteiger partial charge in [0.25, 0.3) is 0 Å². The maximum absolute atomic E-state index is 11.7. The Kier molecular flexibility index (Phi) is 3.96. The van der Waals surface area contributed by atoms with E-state index >= 15 is 0 Å². The summed E-state index contributed by atoms with van der Waals surface area (Å²) in [5.41, 5.74) is 12.9. The lowest BCUT2D eigenvalue weighted by Crippen LogP contribution is -2.30. The Morgan fingerprint density at radius 1 is 1.29 bits per heavy atom. The van der Waals surface area contributed by atoms with E-state index in [1.807, 2.05) is 13.8 Å². The van der Waals surface area contributed by atoms with Gasteiger partial charge in [-0.25, -0.2) is 4.79 Å². The van der Waals surface area contributed by atoms with E-state index in [1.165, 1.54) is 4.90 Å². The molecule has 92 valence electrons. The number of amides is 2. The van der Waals surface area contributed by atoms with E-state index < -0.39 is 6.03 Å². The second-order valence-electron chi connectivity index (χ2n) is 3.77. The van der Waals surface area contributed by atoms with E-state index in [1.54, 1.807) is 19.2 Å². The fourth-order valence-corrected chi connectivity index (χ4v) is 2.04. The van der Waals surface area contributed by atoms with Gasteiger partial charge in [0.15, 0.2) is 5.96 Å². The minimum absolute atomic E-state index is 0.258. The van der Waals surface area contributed by atoms with Crippen LogP contribution in [0, 0.1) is 13.8 Å². The van der Waals surface area contributed by atoms with Crippen LogP contribution in [0.2, 0.25) is 5.02 Å². The summed E-state index contributed by atoms with van der Waals surface area (Å²) in [4.78, 5) is 16.6. The van der Waals surface area contributed by atoms with Crippen LogP contribution in [0.3, 0.4) is 0 Å². The Labute approximate surface area is 105 Å². The number of hydrogen-bond acceptors (Lipinski definition) is 1. The summed E-state index contributed by atoms with van der Waals surface area (Å²) >= 11 is 5.92. The van der Waals surface area contributed by atoms with E-state index in [0.29, 0.717) is 5.02 Å². The Balaban J connectivity index is 3.17. The van der Waals surface area contributed by atoms with E-state index in [4.69, 9.17) is 23.1 Å². The number of aliphatic imine (C=N–C) groups is 1. The summed E-state index contributed by atoms with van der Waals surface area (Å²) in [5.74, 6) is -0.258. The molecule has 6 heteroatoms. The van der Waals surface area contributed by atoms with Gasteiger partial charge < -0.3 is 11.5 Å². The van der Waals surface area contributed by atoms with Crippen LogP contribution in [0.25, 0.3) is 0 Å². The molecule has 1 aromatic carbocycles. The van der Waals surface area contributed by atoms with Gasteiger partial charge in [-0.1, -0.05) is 11.6 Å². The van der Waals surface area contributed by atoms with Crippen LogP contribution < -0.4 is 16.4 Å². The molecule has 1 aromatic rings. The lowest BCUT2D eigenvalue weighted by Gasteiger charge is -2.20. The first-order chi connectivity index (χ1) is 7.82. The number of benzene rings is 1. The molecule has 0 fully saturated rings. The Bertz CT molecular complexity index is 457. The molecule has 2 amide bonds. The third kappa shape index (κ3) is 3.10. The van der Waals surface area contributed by atoms with Crippen molar-refractivity contribution in [2.24, 2.45) is 16.5 Å². The van der Waals surface area contributed by atoms with Gasteiger partial charge in [-0.05, 0) is 37.1 Å². The van der Waals surface area contributed by atoms with Crippen molar-refractivity contribution in [1.82, 2.24) is 0 Å². The molecule has 0 atom stereocenters. The minimum atomic E-state index is -0.515. The molecule has 0 aromatic heterocycles. The SMILES string of the molecule is Cc1cc(Cl)cc(C)c1N(C)C(=O)N=C(N)N. The lowest BCUT2D eigenvalue weighted by molar-refractivity contribution is 0.255. The first-order valence-corrected chi connectivity index (χ1v) is 5.34. The number of guanidine groups is 1. The standard InChI is InChI=1S/C11H15ClN4O/c1-6-4-8(12)5-7(2)9(6)16(3)11(17)15-10(13)14/h4-5H,1-3H3,(H4,13,14,15,17). The number of nitrogens with zero attached hydrogens (tertiary/aromatic N) is 2. The van der Waals surface area contributed by atoms with Crippen molar-refractivity contribution in [2.45, 2.75) is 13.8 Å². The van der Waals surface area contributed by atoms with Crippen LogP contribution in [0.4, 0.5) is 10.5 Å². The number of halogens is 1. The van der Waals surface area contributed by atoms with E-state index in [9.17, 15) is 4.79 Å². The van der Waals surface area contributed by atoms with Crippen LogP contribution in [0.15, 0.2) is 17.1 Å². The van der Waals surface area contributed by atoms with Crippen molar-refractivity contribution >= 4 is 29.3 Å². The molecule has 1 rings (SSSR count). The van der Waals surface area contributed by atoms with Gasteiger partial charge in [-0.3, -0.25) is 4.90 Å². The van der Waals surface area contributed by atoms with Gasteiger partial charge in [-0.2, -0.15) is 4.99 Å². The number of nitrogens with two attached hydrogens (primary N) is 2. The Hall–Kier alpha value is -1.75. The second-order valence-corrected chi connectivity index (χ2v) is 4.20. The van der Waals surface area contributed by atoms with Gasteiger partial charge in [0.2, 0.25) is 0 Å². The maximum Gasteiger partial charge on any atom is 0.350 e. The quantitative estimate of drug-likeness (QED) is 0.592. The molecule has 0 radical (unpaired) electrons. The molecule has 0 unspecified atom stereocenters. The van der Waals surface area contributed by atoms with Gasteiger partial charge in [0.05, 0.1) is 5.69 Å². The smallest absolute Gasteiger partial charge is 0.350 e. The van der Waals surface area contributed by atoms with Crippen LogP contribution in [-0.2, 0) is 0 Å². The first-order valence-electron chi connectivity index (χ1n) is 4.97. The van der Waals surface area contributed by atoms with Crippen molar-refractivity contribution < 1.29 is 4.79 Å². The fraction of sp³-hybridized carbons (Fsp3) is 0.273. The van der Waals surface area contributed by atoms with E-state index in [-0.39, 0.29) is 5.96 Å². The molecule has 0 saturated carbocycles. The summed E-state index contributed by atoms with van der Waals surface area (Å²) in [7, 11) is 1.61. The van der Waals surface area contributed by atoms with Crippen molar-refractivity contribution in [3.05, 3.63) is 28.3 Å². The van der Waals surface area contributed by atoms with Gasteiger partial charge in [0, 0.05) is 12.1 Å². The monoisotopic (exact) mass is 254 g/mol. The molecule has 17 heavy (non-hydrogen) atoms. The molecule has 0 aliphatic rings. The number of anilines is 1. The third-order valence-electron chi connectivity index (χ3n) is 2.30. The zero-order chi connectivity index (χ0) is 13.2. The van der Waals surface area contributed by atoms with Crippen molar-refractivity contribution in [2.75, 3.05) is 11.9 Å². The number of carbonyl (C=O) groups is 1. The summed E-state index contributed by atoms with van der Waals surface area (Å²) in [6.07, 6.45) is 0. The van der Waals surface area contributed by atoms with Gasteiger partial charge in [-0.15, -0.1) is 0 Å². The predicted octanol–water partition coefficient (Wildman–Crippen LogP) is 1.79. The largest absolute Gasteiger partial charge is 0.370 e. The molecule has 5 nitrogen and oxygen atoms in total. The van der Waals surface area contributed by atoms with Crippen LogP contribution >= 0.6 is 11.6 Å². The molecular formula is C11H15ClN4O. The number of hydrogen-bond donors (Lipinski definition) is 2. The lowest BCUT2D eigenvalue weighted by atomic mass is 10.1. The normalized spacial score (nSPS) is 9.88. The molecule has 0 heterocycles. The second kappa shape index (κ2) is 5.05. The molecule has 4 N–H and O–H groups in total. The summed E-state index contributed by atoms with van der Waals surface area (Å²) in [6.45, 7) is 3.74. The third-order valence-corrected chi connectivity index (χ3v) is 2.52. The topological polar surface area (TPSA) is 84.7 Å².